The van der Waals surface area contributed by atoms with Gasteiger partial charge in [-0.05, 0) is 46.0 Å². The van der Waals surface area contributed by atoms with E-state index in [4.69, 9.17) is 4.74 Å². The summed E-state index contributed by atoms with van der Waals surface area (Å²) in [7, 11) is 0. The zero-order valence-corrected chi connectivity index (χ0v) is 18.1. The van der Waals surface area contributed by atoms with Gasteiger partial charge in [0.25, 0.3) is 0 Å². The molecule has 0 spiro atoms. The van der Waals surface area contributed by atoms with Gasteiger partial charge in [-0.15, -0.1) is 0 Å². The lowest BCUT2D eigenvalue weighted by Gasteiger charge is -2.35. The Morgan fingerprint density at radius 3 is 2.40 bits per heavy atom. The number of urea groups is 1. The first-order chi connectivity index (χ1) is 14.4. The third-order valence-corrected chi connectivity index (χ3v) is 6.58. The molecule has 9 heteroatoms. The summed E-state index contributed by atoms with van der Waals surface area (Å²) in [5, 5.41) is 8.90. The lowest BCUT2D eigenvalue weighted by molar-refractivity contribution is -0.136. The fourth-order valence-corrected chi connectivity index (χ4v) is 4.90. The lowest BCUT2D eigenvalue weighted by Crippen LogP contribution is -2.53. The molecule has 168 valence electrons. The molecule has 0 aromatic carbocycles. The summed E-state index contributed by atoms with van der Waals surface area (Å²) in [6.45, 7) is 7.14. The van der Waals surface area contributed by atoms with Gasteiger partial charge in [0.2, 0.25) is 11.8 Å². The highest BCUT2D eigenvalue weighted by molar-refractivity contribution is 5.90. The smallest absolute Gasteiger partial charge is 0.315 e. The zero-order chi connectivity index (χ0) is 21.3. The average Bonchev–Trinajstić information content (AvgIpc) is 3.49. The van der Waals surface area contributed by atoms with Crippen LogP contribution in [-0.2, 0) is 14.3 Å². The van der Waals surface area contributed by atoms with Gasteiger partial charge < -0.3 is 25.6 Å². The molecule has 3 aliphatic heterocycles. The Labute approximate surface area is 178 Å². The number of carbonyl (C=O) groups excluding carboxylic acids is 3. The highest BCUT2D eigenvalue weighted by atomic mass is 16.5. The van der Waals surface area contributed by atoms with Gasteiger partial charge in [0.05, 0.1) is 6.04 Å². The van der Waals surface area contributed by atoms with Gasteiger partial charge in [-0.1, -0.05) is 0 Å². The molecular weight excluding hydrogens is 386 g/mol. The van der Waals surface area contributed by atoms with Crippen molar-refractivity contribution in [3.63, 3.8) is 0 Å². The third-order valence-electron chi connectivity index (χ3n) is 6.58. The molecule has 3 N–H and O–H groups in total. The minimum Gasteiger partial charge on any atom is -0.381 e. The molecule has 4 aliphatic rings. The third kappa shape index (κ3) is 5.06. The second-order valence-electron chi connectivity index (χ2n) is 9.48. The topological polar surface area (TPSA) is 103 Å². The molecule has 0 aromatic rings. The lowest BCUT2D eigenvalue weighted by atomic mass is 10.0. The number of carbonyl (C=O) groups is 3. The van der Waals surface area contributed by atoms with Crippen molar-refractivity contribution in [1.82, 2.24) is 25.8 Å². The molecule has 30 heavy (non-hydrogen) atoms. The average molecular weight is 422 g/mol. The molecular formula is C21H35N5O4. The van der Waals surface area contributed by atoms with E-state index in [0.717, 1.165) is 51.9 Å². The number of ether oxygens (including phenoxy) is 1. The molecule has 3 atom stereocenters. The summed E-state index contributed by atoms with van der Waals surface area (Å²) in [5.74, 6) is 0.0575. The van der Waals surface area contributed by atoms with Crippen LogP contribution in [0, 0.1) is 5.92 Å². The van der Waals surface area contributed by atoms with Crippen LogP contribution in [-0.4, -0.2) is 90.7 Å². The van der Waals surface area contributed by atoms with Crippen molar-refractivity contribution < 1.29 is 19.1 Å². The van der Waals surface area contributed by atoms with Crippen molar-refractivity contribution in [3.8, 4) is 0 Å². The van der Waals surface area contributed by atoms with Crippen molar-refractivity contribution in [2.24, 2.45) is 5.92 Å². The van der Waals surface area contributed by atoms with Crippen molar-refractivity contribution in [1.29, 1.82) is 0 Å². The van der Waals surface area contributed by atoms with E-state index in [1.165, 1.54) is 0 Å². The molecule has 3 heterocycles. The molecule has 3 saturated heterocycles. The maximum absolute atomic E-state index is 13.4. The van der Waals surface area contributed by atoms with E-state index in [-0.39, 0.29) is 41.9 Å². The summed E-state index contributed by atoms with van der Waals surface area (Å²) in [5.41, 5.74) is 0. The molecule has 1 saturated carbocycles. The van der Waals surface area contributed by atoms with E-state index in [1.54, 1.807) is 0 Å². The van der Waals surface area contributed by atoms with Crippen LogP contribution in [0.2, 0.25) is 0 Å². The fourth-order valence-electron chi connectivity index (χ4n) is 4.90. The Kier molecular flexibility index (Phi) is 6.48. The number of amides is 4. The standard InChI is InChI=1S/C21H35N5O4/c1-13(2)22-21(29)23-15-9-17-11-25(16-5-7-30-8-6-16)12-18(20(28)26(17)10-15)24-19(27)14-3-4-14/h13-18H,3-12H2,1-2H3,(H,24,27)(H2,22,23,29)/t15-,17-,18-/m0/s1. The summed E-state index contributed by atoms with van der Waals surface area (Å²) in [6, 6.07) is -0.318. The van der Waals surface area contributed by atoms with Crippen LogP contribution in [0.1, 0.15) is 46.0 Å². The number of hydrogen-bond acceptors (Lipinski definition) is 5. The van der Waals surface area contributed by atoms with Gasteiger partial charge in [-0.2, -0.15) is 0 Å². The van der Waals surface area contributed by atoms with E-state index in [0.29, 0.717) is 19.1 Å². The van der Waals surface area contributed by atoms with E-state index in [2.05, 4.69) is 20.9 Å². The number of nitrogens with zero attached hydrogens (tertiary/aromatic N) is 2. The predicted octanol–water partition coefficient (Wildman–Crippen LogP) is 0.0529. The minimum absolute atomic E-state index is 0.00362. The summed E-state index contributed by atoms with van der Waals surface area (Å²) >= 11 is 0. The first-order valence-electron chi connectivity index (χ1n) is 11.4. The van der Waals surface area contributed by atoms with Crippen molar-refractivity contribution >= 4 is 17.8 Å². The van der Waals surface area contributed by atoms with E-state index in [9.17, 15) is 14.4 Å². The number of rotatable bonds is 5. The SMILES string of the molecule is CC(C)NC(=O)N[C@H]1C[C@H]2CN(C3CCOCC3)C[C@H](NC(=O)C3CC3)C(=O)N2C1. The zero-order valence-electron chi connectivity index (χ0n) is 18.1. The summed E-state index contributed by atoms with van der Waals surface area (Å²) in [6.07, 6.45) is 4.46. The van der Waals surface area contributed by atoms with Crippen LogP contribution in [0.15, 0.2) is 0 Å². The molecule has 1 aliphatic carbocycles. The molecule has 4 rings (SSSR count). The van der Waals surface area contributed by atoms with Crippen molar-refractivity contribution in [2.45, 2.75) is 76.2 Å². The second kappa shape index (κ2) is 9.09. The number of nitrogens with one attached hydrogen (secondary N) is 3. The highest BCUT2D eigenvalue weighted by Gasteiger charge is 2.45. The van der Waals surface area contributed by atoms with Crippen molar-refractivity contribution in [2.75, 3.05) is 32.8 Å². The Bertz CT molecular complexity index is 662. The summed E-state index contributed by atoms with van der Waals surface area (Å²) < 4.78 is 5.52. The number of fused-ring (bicyclic) bond motifs is 1. The Morgan fingerprint density at radius 1 is 1.00 bits per heavy atom. The van der Waals surface area contributed by atoms with Gasteiger partial charge in [-0.25, -0.2) is 4.79 Å². The maximum Gasteiger partial charge on any atom is 0.315 e. The van der Waals surface area contributed by atoms with Gasteiger partial charge in [0, 0.05) is 56.9 Å². The van der Waals surface area contributed by atoms with Crippen LogP contribution >= 0.6 is 0 Å². The monoisotopic (exact) mass is 421 g/mol. The predicted molar refractivity (Wildman–Crippen MR) is 111 cm³/mol. The number of hydrogen-bond donors (Lipinski definition) is 3. The van der Waals surface area contributed by atoms with Crippen LogP contribution in [0.3, 0.4) is 0 Å². The molecule has 9 nitrogen and oxygen atoms in total. The maximum atomic E-state index is 13.4. The highest BCUT2D eigenvalue weighted by Crippen LogP contribution is 2.30. The van der Waals surface area contributed by atoms with E-state index in [1.807, 2.05) is 18.7 Å². The second-order valence-corrected chi connectivity index (χ2v) is 9.48. The minimum atomic E-state index is -0.519. The van der Waals surface area contributed by atoms with Gasteiger partial charge >= 0.3 is 6.03 Å². The molecule has 0 aromatic heterocycles. The molecule has 4 fully saturated rings. The first kappa shape index (κ1) is 21.4. The van der Waals surface area contributed by atoms with Gasteiger partial charge in [-0.3, -0.25) is 14.5 Å². The molecule has 0 radical (unpaired) electrons. The van der Waals surface area contributed by atoms with Crippen LogP contribution in [0.5, 0.6) is 0 Å². The Hall–Kier alpha value is -1.87. The first-order valence-corrected chi connectivity index (χ1v) is 11.4. The largest absolute Gasteiger partial charge is 0.381 e. The van der Waals surface area contributed by atoms with Crippen LogP contribution < -0.4 is 16.0 Å². The molecule has 0 unspecified atom stereocenters. The van der Waals surface area contributed by atoms with Gasteiger partial charge in [0.1, 0.15) is 6.04 Å². The van der Waals surface area contributed by atoms with E-state index >= 15 is 0 Å². The van der Waals surface area contributed by atoms with Crippen LogP contribution in [0.25, 0.3) is 0 Å². The molecule has 0 bridgehead atoms. The Balaban J connectivity index is 1.46. The molecule has 4 amide bonds. The van der Waals surface area contributed by atoms with Gasteiger partial charge in [0.15, 0.2) is 0 Å². The quantitative estimate of drug-likeness (QED) is 0.582. The Morgan fingerprint density at radius 2 is 1.73 bits per heavy atom. The normalized spacial score (nSPS) is 30.7. The summed E-state index contributed by atoms with van der Waals surface area (Å²) in [4.78, 5) is 42.2. The van der Waals surface area contributed by atoms with E-state index < -0.39 is 6.04 Å². The van der Waals surface area contributed by atoms with Crippen LogP contribution in [0.4, 0.5) is 4.79 Å². The van der Waals surface area contributed by atoms with Crippen molar-refractivity contribution in [3.05, 3.63) is 0 Å². The fraction of sp³-hybridized carbons (Fsp3) is 0.857.